The Balaban J connectivity index is 1.44. The largest absolute Gasteiger partial charge is 0.444 e. The molecule has 5 fully saturated rings. The lowest BCUT2D eigenvalue weighted by atomic mass is 9.39. The van der Waals surface area contributed by atoms with Gasteiger partial charge in [-0.25, -0.2) is 9.59 Å². The van der Waals surface area contributed by atoms with Crippen LogP contribution in [0.2, 0.25) is 0 Å². The quantitative estimate of drug-likeness (QED) is 0.556. The second kappa shape index (κ2) is 8.79. The van der Waals surface area contributed by atoms with Crippen LogP contribution < -0.4 is 5.32 Å². The number of nitrogens with one attached hydrogen (secondary N) is 1. The third-order valence-corrected chi connectivity index (χ3v) is 8.80. The molecule has 1 saturated heterocycles. The Morgan fingerprint density at radius 3 is 2.49 bits per heavy atom. The number of benzene rings is 1. The second-order valence-corrected chi connectivity index (χ2v) is 13.3. The highest BCUT2D eigenvalue weighted by molar-refractivity contribution is 5.80. The Morgan fingerprint density at radius 1 is 1.00 bits per heavy atom. The topological polar surface area (TPSA) is 67.9 Å². The van der Waals surface area contributed by atoms with Crippen molar-refractivity contribution in [1.29, 1.82) is 0 Å². The van der Waals surface area contributed by atoms with Gasteiger partial charge in [0.2, 0.25) is 0 Å². The summed E-state index contributed by atoms with van der Waals surface area (Å²) < 4.78 is 5.71. The predicted molar refractivity (Wildman–Crippen MR) is 135 cm³/mol. The van der Waals surface area contributed by atoms with Gasteiger partial charge in [-0.2, -0.15) is 0 Å². The molecule has 1 N–H and O–H groups in total. The van der Waals surface area contributed by atoms with Gasteiger partial charge in [0.05, 0.1) is 11.5 Å². The van der Waals surface area contributed by atoms with E-state index in [1.54, 1.807) is 0 Å². The molecule has 6 nitrogen and oxygen atoms in total. The zero-order chi connectivity index (χ0) is 24.9. The highest BCUT2D eigenvalue weighted by Crippen LogP contribution is 2.70. The van der Waals surface area contributed by atoms with Gasteiger partial charge in [-0.05, 0) is 114 Å². The van der Waals surface area contributed by atoms with Crippen molar-refractivity contribution >= 4 is 12.1 Å². The van der Waals surface area contributed by atoms with Crippen molar-refractivity contribution in [3.63, 3.8) is 0 Å². The van der Waals surface area contributed by atoms with E-state index >= 15 is 0 Å². The average molecular weight is 483 g/mol. The van der Waals surface area contributed by atoms with Gasteiger partial charge in [-0.3, -0.25) is 0 Å². The first-order valence-electron chi connectivity index (χ1n) is 13.5. The summed E-state index contributed by atoms with van der Waals surface area (Å²) in [6.07, 6.45) is 7.89. The summed E-state index contributed by atoms with van der Waals surface area (Å²) in [5, 5.41) is 4.69. The third-order valence-electron chi connectivity index (χ3n) is 8.80. The normalized spacial score (nSPS) is 36.3. The van der Waals surface area contributed by atoms with Crippen molar-refractivity contribution in [3.05, 3.63) is 35.9 Å². The Labute approximate surface area is 210 Å². The number of hydrogen-bond donors (Lipinski definition) is 1. The van der Waals surface area contributed by atoms with Crippen LogP contribution in [-0.2, 0) is 19.8 Å². The number of carbonyl (C=O) groups excluding carboxylic acids is 2. The maximum absolute atomic E-state index is 14.1. The zero-order valence-electron chi connectivity index (χ0n) is 21.9. The first kappa shape index (κ1) is 24.6. The van der Waals surface area contributed by atoms with Crippen molar-refractivity contribution in [1.82, 2.24) is 10.4 Å². The van der Waals surface area contributed by atoms with Gasteiger partial charge in [0, 0.05) is 0 Å². The molecule has 1 aromatic carbocycles. The minimum Gasteiger partial charge on any atom is -0.442 e. The molecule has 4 aliphatic carbocycles. The second-order valence-electron chi connectivity index (χ2n) is 13.3. The van der Waals surface area contributed by atoms with Gasteiger partial charge in [0.15, 0.2) is 0 Å². The maximum Gasteiger partial charge on any atom is 0.444 e. The summed E-state index contributed by atoms with van der Waals surface area (Å²) in [6.45, 7) is 9.62. The van der Waals surface area contributed by atoms with Crippen molar-refractivity contribution in [2.45, 2.75) is 103 Å². The van der Waals surface area contributed by atoms with Crippen LogP contribution in [-0.4, -0.2) is 41.9 Å². The number of hydroxylamine groups is 2. The molecule has 6 heteroatoms. The van der Waals surface area contributed by atoms with Crippen LogP contribution in [0.1, 0.15) is 91.0 Å². The van der Waals surface area contributed by atoms with Gasteiger partial charge >= 0.3 is 12.1 Å². The molecule has 1 amide bonds. The van der Waals surface area contributed by atoms with E-state index < -0.39 is 17.1 Å². The van der Waals surface area contributed by atoms with Crippen LogP contribution in [0.3, 0.4) is 0 Å². The van der Waals surface area contributed by atoms with E-state index in [0.29, 0.717) is 5.92 Å². The molecule has 1 aromatic rings. The summed E-state index contributed by atoms with van der Waals surface area (Å²) >= 11 is 0. The highest BCUT2D eigenvalue weighted by atomic mass is 16.8. The van der Waals surface area contributed by atoms with Crippen LogP contribution >= 0.6 is 0 Å². The molecule has 5 aliphatic rings. The number of hydrogen-bond acceptors (Lipinski definition) is 5. The van der Waals surface area contributed by atoms with Crippen LogP contribution in [0.4, 0.5) is 4.79 Å². The van der Waals surface area contributed by atoms with E-state index in [4.69, 9.17) is 9.57 Å². The lowest BCUT2D eigenvalue weighted by molar-refractivity contribution is -0.224. The minimum absolute atomic E-state index is 0.0113. The smallest absolute Gasteiger partial charge is 0.442 e. The molecule has 1 aliphatic heterocycles. The summed E-state index contributed by atoms with van der Waals surface area (Å²) in [4.78, 5) is 33.6. The van der Waals surface area contributed by atoms with Crippen molar-refractivity contribution in [3.8, 4) is 0 Å². The Kier molecular flexibility index (Phi) is 6.18. The molecule has 6 rings (SSSR count). The van der Waals surface area contributed by atoms with Gasteiger partial charge < -0.3 is 14.9 Å². The first-order chi connectivity index (χ1) is 16.5. The molecule has 0 spiro atoms. The molecule has 4 bridgehead atoms. The van der Waals surface area contributed by atoms with Gasteiger partial charge in [-0.1, -0.05) is 37.3 Å². The van der Waals surface area contributed by atoms with Crippen molar-refractivity contribution in [2.24, 2.45) is 16.7 Å². The number of rotatable bonds is 3. The van der Waals surface area contributed by atoms with Gasteiger partial charge in [-0.15, -0.1) is 5.06 Å². The predicted octanol–water partition coefficient (Wildman–Crippen LogP) is 5.75. The minimum atomic E-state index is -0.656. The summed E-state index contributed by atoms with van der Waals surface area (Å²) in [6, 6.07) is 10.6. The van der Waals surface area contributed by atoms with E-state index in [1.807, 2.05) is 20.8 Å². The summed E-state index contributed by atoms with van der Waals surface area (Å²) in [5.41, 5.74) is 0.282. The number of amides is 1. The summed E-state index contributed by atoms with van der Waals surface area (Å²) in [5.74, 6) is 0.289. The van der Waals surface area contributed by atoms with Crippen molar-refractivity contribution in [2.75, 3.05) is 13.1 Å². The third kappa shape index (κ3) is 4.83. The fraction of sp³-hybridized carbons (Fsp3) is 0.724. The SMILES string of the molecule is CC12CC3CC(C(=O)ON(C(=O)OC(C)(C)C)C4CCCNCC4)(C1)CC(c1ccccc1)(C3)C2. The zero-order valence-corrected chi connectivity index (χ0v) is 21.9. The van der Waals surface area contributed by atoms with Crippen LogP contribution in [0.25, 0.3) is 0 Å². The molecule has 192 valence electrons. The van der Waals surface area contributed by atoms with E-state index in [9.17, 15) is 9.59 Å². The van der Waals surface area contributed by atoms with Gasteiger partial charge in [0.1, 0.15) is 5.60 Å². The molecule has 5 atom stereocenters. The van der Waals surface area contributed by atoms with Crippen LogP contribution in [0.5, 0.6) is 0 Å². The fourth-order valence-electron chi connectivity index (χ4n) is 8.25. The molecule has 5 unspecified atom stereocenters. The van der Waals surface area contributed by atoms with Crippen LogP contribution in [0.15, 0.2) is 30.3 Å². The number of nitrogens with zero attached hydrogens (tertiary/aromatic N) is 1. The highest BCUT2D eigenvalue weighted by Gasteiger charge is 2.65. The van der Waals surface area contributed by atoms with E-state index in [0.717, 1.165) is 64.5 Å². The molecule has 4 saturated carbocycles. The van der Waals surface area contributed by atoms with E-state index in [-0.39, 0.29) is 22.8 Å². The van der Waals surface area contributed by atoms with Gasteiger partial charge in [0.25, 0.3) is 0 Å². The standard InChI is InChI=1S/C29H42N2O4/c1-26(2,3)34-25(33)31(23-11-8-13-30-14-12-23)35-24(32)29-17-21-15-27(4,19-29)18-28(16-21,20-29)22-9-6-5-7-10-22/h5-7,9-10,21,23,30H,8,11-20H2,1-4H3. The monoisotopic (exact) mass is 482 g/mol. The Morgan fingerprint density at radius 2 is 1.77 bits per heavy atom. The number of ether oxygens (including phenoxy) is 1. The lowest BCUT2D eigenvalue weighted by Gasteiger charge is -2.65. The average Bonchev–Trinajstić information content (AvgIpc) is 3.04. The molecule has 1 heterocycles. The molecule has 0 radical (unpaired) electrons. The molecule has 0 aromatic heterocycles. The van der Waals surface area contributed by atoms with E-state index in [2.05, 4.69) is 42.6 Å². The number of carbonyl (C=O) groups is 2. The summed E-state index contributed by atoms with van der Waals surface area (Å²) in [7, 11) is 0. The maximum atomic E-state index is 14.1. The molecule has 35 heavy (non-hydrogen) atoms. The molecular weight excluding hydrogens is 440 g/mol. The van der Waals surface area contributed by atoms with Crippen molar-refractivity contribution < 1.29 is 19.2 Å². The first-order valence-corrected chi connectivity index (χ1v) is 13.5. The fourth-order valence-corrected chi connectivity index (χ4v) is 8.25. The Hall–Kier alpha value is -2.08. The Bertz CT molecular complexity index is 951. The lowest BCUT2D eigenvalue weighted by Crippen LogP contribution is -2.61. The molecular formula is C29H42N2O4. The van der Waals surface area contributed by atoms with E-state index in [1.165, 1.54) is 17.0 Å². The van der Waals surface area contributed by atoms with Crippen LogP contribution in [0, 0.1) is 16.7 Å².